The number of nitrogens with zero attached hydrogens (tertiary/aromatic N) is 1. The predicted octanol–water partition coefficient (Wildman–Crippen LogP) is 3.45. The number of aromatic nitrogens is 1. The van der Waals surface area contributed by atoms with E-state index < -0.39 is 18.9 Å². The highest BCUT2D eigenvalue weighted by Crippen LogP contribution is 2.25. The quantitative estimate of drug-likeness (QED) is 0.748. The normalized spacial score (nSPS) is 14.2. The molecule has 0 aliphatic heterocycles. The molecule has 1 unspecified atom stereocenters. The molecule has 0 spiro atoms. The molecule has 1 aromatic heterocycles. The predicted molar refractivity (Wildman–Crippen MR) is 62.1 cm³/mol. The molecule has 0 aliphatic rings. The first-order valence-corrected chi connectivity index (χ1v) is 5.92. The SMILES string of the molecule is CCCNC(C)c1ccn(CC(F)(F)C(F)F)c1. The third kappa shape index (κ3) is 4.01. The molecule has 1 rings (SSSR count). The van der Waals surface area contributed by atoms with Gasteiger partial charge >= 0.3 is 12.3 Å². The molecule has 18 heavy (non-hydrogen) atoms. The molecule has 2 nitrogen and oxygen atoms in total. The minimum atomic E-state index is -3.99. The average molecular weight is 266 g/mol. The molecule has 1 aromatic rings. The van der Waals surface area contributed by atoms with Crippen LogP contribution in [0.1, 0.15) is 31.9 Å². The molecule has 6 heteroatoms. The van der Waals surface area contributed by atoms with E-state index in [0.717, 1.165) is 23.1 Å². The van der Waals surface area contributed by atoms with Crippen molar-refractivity contribution in [2.75, 3.05) is 6.54 Å². The van der Waals surface area contributed by atoms with Crippen LogP contribution in [0.5, 0.6) is 0 Å². The maximum atomic E-state index is 12.9. The molecule has 0 aromatic carbocycles. The van der Waals surface area contributed by atoms with Gasteiger partial charge in [-0.3, -0.25) is 0 Å². The summed E-state index contributed by atoms with van der Waals surface area (Å²) < 4.78 is 50.9. The van der Waals surface area contributed by atoms with E-state index in [1.165, 1.54) is 12.4 Å². The van der Waals surface area contributed by atoms with Gasteiger partial charge in [0.05, 0.1) is 6.54 Å². The van der Waals surface area contributed by atoms with E-state index in [2.05, 4.69) is 5.32 Å². The Kier molecular flexibility index (Phi) is 5.19. The van der Waals surface area contributed by atoms with Gasteiger partial charge in [-0.2, -0.15) is 8.78 Å². The van der Waals surface area contributed by atoms with Crippen molar-refractivity contribution in [2.45, 2.75) is 45.2 Å². The summed E-state index contributed by atoms with van der Waals surface area (Å²) in [6.45, 7) is 3.75. The number of rotatable bonds is 7. The second-order valence-electron chi connectivity index (χ2n) is 4.35. The Bertz CT molecular complexity index is 363. The minimum absolute atomic E-state index is 0.0198. The summed E-state index contributed by atoms with van der Waals surface area (Å²) >= 11 is 0. The monoisotopic (exact) mass is 266 g/mol. The topological polar surface area (TPSA) is 17.0 Å². The van der Waals surface area contributed by atoms with Crippen LogP contribution in [0.15, 0.2) is 18.5 Å². The smallest absolute Gasteiger partial charge is 0.324 e. The Balaban J connectivity index is 2.63. The first kappa shape index (κ1) is 15.0. The highest BCUT2D eigenvalue weighted by atomic mass is 19.3. The zero-order valence-corrected chi connectivity index (χ0v) is 10.5. The Morgan fingerprint density at radius 2 is 2.06 bits per heavy atom. The molecule has 1 N–H and O–H groups in total. The van der Waals surface area contributed by atoms with Crippen LogP contribution >= 0.6 is 0 Å². The maximum Gasteiger partial charge on any atom is 0.324 e. The van der Waals surface area contributed by atoms with Gasteiger partial charge in [-0.15, -0.1) is 0 Å². The fraction of sp³-hybridized carbons (Fsp3) is 0.667. The number of alkyl halides is 4. The van der Waals surface area contributed by atoms with Crippen LogP contribution in [0.2, 0.25) is 0 Å². The lowest BCUT2D eigenvalue weighted by molar-refractivity contribution is -0.137. The summed E-state index contributed by atoms with van der Waals surface area (Å²) in [5, 5.41) is 3.20. The molecule has 104 valence electrons. The Morgan fingerprint density at radius 3 is 2.61 bits per heavy atom. The number of halogens is 4. The van der Waals surface area contributed by atoms with Crippen LogP contribution in [-0.4, -0.2) is 23.5 Å². The lowest BCUT2D eigenvalue weighted by Crippen LogP contribution is -2.31. The van der Waals surface area contributed by atoms with Crippen LogP contribution < -0.4 is 5.32 Å². The van der Waals surface area contributed by atoms with E-state index in [-0.39, 0.29) is 6.04 Å². The average Bonchev–Trinajstić information content (AvgIpc) is 2.73. The Hall–Kier alpha value is -1.04. The molecule has 0 saturated carbocycles. The largest absolute Gasteiger partial charge is 0.348 e. The summed E-state index contributed by atoms with van der Waals surface area (Å²) in [5.74, 6) is -3.99. The summed E-state index contributed by atoms with van der Waals surface area (Å²) in [6, 6.07) is 1.68. The zero-order valence-electron chi connectivity index (χ0n) is 10.5. The summed E-state index contributed by atoms with van der Waals surface area (Å²) in [5.41, 5.74) is 0.813. The summed E-state index contributed by atoms with van der Waals surface area (Å²) in [7, 11) is 0. The molecule has 0 saturated heterocycles. The first-order valence-electron chi connectivity index (χ1n) is 5.92. The highest BCUT2D eigenvalue weighted by Gasteiger charge is 2.40. The fourth-order valence-electron chi connectivity index (χ4n) is 1.60. The van der Waals surface area contributed by atoms with E-state index >= 15 is 0 Å². The van der Waals surface area contributed by atoms with Gasteiger partial charge < -0.3 is 9.88 Å². The molecule has 1 heterocycles. The third-order valence-electron chi connectivity index (χ3n) is 2.69. The number of hydrogen-bond acceptors (Lipinski definition) is 1. The molecule has 0 bridgehead atoms. The van der Waals surface area contributed by atoms with Crippen molar-refractivity contribution in [1.82, 2.24) is 9.88 Å². The molecule has 0 aliphatic carbocycles. The standard InChI is InChI=1S/C12H18F4N2/c1-3-5-17-9(2)10-4-6-18(7-10)8-12(15,16)11(13)14/h4,6-7,9,11,17H,3,5,8H2,1-2H3. The fourth-order valence-corrected chi connectivity index (χ4v) is 1.60. The van der Waals surface area contributed by atoms with Gasteiger partial charge in [0.15, 0.2) is 0 Å². The molecular weight excluding hydrogens is 248 g/mol. The van der Waals surface area contributed by atoms with Crippen molar-refractivity contribution >= 4 is 0 Å². The van der Waals surface area contributed by atoms with Crippen molar-refractivity contribution in [3.8, 4) is 0 Å². The first-order chi connectivity index (χ1) is 8.36. The molecular formula is C12H18F4N2. The van der Waals surface area contributed by atoms with Crippen molar-refractivity contribution in [3.05, 3.63) is 24.0 Å². The van der Waals surface area contributed by atoms with E-state index in [0.29, 0.717) is 0 Å². The van der Waals surface area contributed by atoms with E-state index in [1.54, 1.807) is 6.07 Å². The van der Waals surface area contributed by atoms with Crippen molar-refractivity contribution in [2.24, 2.45) is 0 Å². The van der Waals surface area contributed by atoms with Gasteiger partial charge in [-0.05, 0) is 31.5 Å². The lowest BCUT2D eigenvalue weighted by Gasteiger charge is -2.16. The van der Waals surface area contributed by atoms with Crippen molar-refractivity contribution in [1.29, 1.82) is 0 Å². The van der Waals surface area contributed by atoms with Crippen LogP contribution in [0, 0.1) is 0 Å². The van der Waals surface area contributed by atoms with E-state index in [9.17, 15) is 17.6 Å². The second kappa shape index (κ2) is 6.22. The Morgan fingerprint density at radius 1 is 1.39 bits per heavy atom. The second-order valence-corrected chi connectivity index (χ2v) is 4.35. The summed E-state index contributed by atoms with van der Waals surface area (Å²) in [4.78, 5) is 0. The molecule has 1 atom stereocenters. The minimum Gasteiger partial charge on any atom is -0.348 e. The van der Waals surface area contributed by atoms with Crippen LogP contribution in [0.3, 0.4) is 0 Å². The Labute approximate surface area is 104 Å². The zero-order chi connectivity index (χ0) is 13.8. The van der Waals surface area contributed by atoms with Gasteiger partial charge in [0.2, 0.25) is 0 Å². The van der Waals surface area contributed by atoms with Crippen molar-refractivity contribution < 1.29 is 17.6 Å². The maximum absolute atomic E-state index is 12.9. The number of nitrogens with one attached hydrogen (secondary N) is 1. The molecule has 0 amide bonds. The lowest BCUT2D eigenvalue weighted by atomic mass is 10.2. The van der Waals surface area contributed by atoms with Crippen LogP contribution in [0.4, 0.5) is 17.6 Å². The van der Waals surface area contributed by atoms with Gasteiger partial charge in [0.25, 0.3) is 0 Å². The van der Waals surface area contributed by atoms with Gasteiger partial charge in [-0.1, -0.05) is 6.92 Å². The summed E-state index contributed by atoms with van der Waals surface area (Å²) in [6.07, 6.45) is 0.201. The number of hydrogen-bond donors (Lipinski definition) is 1. The highest BCUT2D eigenvalue weighted by molar-refractivity contribution is 5.14. The van der Waals surface area contributed by atoms with Crippen LogP contribution in [-0.2, 0) is 6.54 Å². The van der Waals surface area contributed by atoms with Crippen LogP contribution in [0.25, 0.3) is 0 Å². The van der Waals surface area contributed by atoms with E-state index in [4.69, 9.17) is 0 Å². The van der Waals surface area contributed by atoms with Gasteiger partial charge in [0, 0.05) is 18.4 Å². The third-order valence-corrected chi connectivity index (χ3v) is 2.69. The van der Waals surface area contributed by atoms with Crippen molar-refractivity contribution in [3.63, 3.8) is 0 Å². The molecule has 0 radical (unpaired) electrons. The van der Waals surface area contributed by atoms with E-state index in [1.807, 2.05) is 13.8 Å². The van der Waals surface area contributed by atoms with Gasteiger partial charge in [0.1, 0.15) is 0 Å². The molecule has 0 fully saturated rings. The van der Waals surface area contributed by atoms with Gasteiger partial charge in [-0.25, -0.2) is 8.78 Å².